The highest BCUT2D eigenvalue weighted by molar-refractivity contribution is 5.16. The molecule has 2 heteroatoms. The first kappa shape index (κ1) is 12.6. The molecule has 17 heavy (non-hydrogen) atoms. The Morgan fingerprint density at radius 2 is 1.76 bits per heavy atom. The van der Waals surface area contributed by atoms with E-state index in [9.17, 15) is 5.11 Å². The zero-order chi connectivity index (χ0) is 12.1. The Balaban J connectivity index is 1.88. The average molecular weight is 233 g/mol. The predicted octanol–water partition coefficient (Wildman–Crippen LogP) is 2.50. The van der Waals surface area contributed by atoms with Gasteiger partial charge in [-0.05, 0) is 30.7 Å². The Morgan fingerprint density at radius 3 is 2.41 bits per heavy atom. The first-order valence-electron chi connectivity index (χ1n) is 6.75. The Hall–Kier alpha value is -0.860. The molecular weight excluding hydrogens is 210 g/mol. The monoisotopic (exact) mass is 233 g/mol. The van der Waals surface area contributed by atoms with Crippen LogP contribution in [0, 0.1) is 5.92 Å². The molecule has 1 aliphatic carbocycles. The van der Waals surface area contributed by atoms with Gasteiger partial charge in [0, 0.05) is 6.04 Å². The molecule has 2 rings (SSSR count). The summed E-state index contributed by atoms with van der Waals surface area (Å²) in [5.74, 6) is 0.419. The van der Waals surface area contributed by atoms with Crippen molar-refractivity contribution in [2.24, 2.45) is 11.7 Å². The topological polar surface area (TPSA) is 46.2 Å². The Labute approximate surface area is 104 Å². The fourth-order valence-corrected chi connectivity index (χ4v) is 2.83. The number of hydrogen-bond acceptors (Lipinski definition) is 2. The van der Waals surface area contributed by atoms with Gasteiger partial charge in [-0.25, -0.2) is 0 Å². The van der Waals surface area contributed by atoms with Crippen molar-refractivity contribution in [3.63, 3.8) is 0 Å². The third-order valence-electron chi connectivity index (χ3n) is 3.89. The number of benzene rings is 1. The van der Waals surface area contributed by atoms with Gasteiger partial charge in [-0.1, -0.05) is 49.6 Å². The Morgan fingerprint density at radius 1 is 1.12 bits per heavy atom. The van der Waals surface area contributed by atoms with Crippen molar-refractivity contribution >= 4 is 0 Å². The molecule has 1 fully saturated rings. The molecule has 0 aromatic heterocycles. The number of rotatable bonds is 4. The van der Waals surface area contributed by atoms with Crippen LogP contribution in [0.25, 0.3) is 0 Å². The zero-order valence-corrected chi connectivity index (χ0v) is 10.4. The SMILES string of the molecule is NC(Cc1ccccc1)C(O)C1CCCCC1. The summed E-state index contributed by atoms with van der Waals surface area (Å²) in [6, 6.07) is 10.1. The molecule has 0 saturated heterocycles. The van der Waals surface area contributed by atoms with Crippen LogP contribution in [-0.2, 0) is 6.42 Å². The van der Waals surface area contributed by atoms with Gasteiger partial charge in [-0.3, -0.25) is 0 Å². The predicted molar refractivity (Wildman–Crippen MR) is 70.7 cm³/mol. The van der Waals surface area contributed by atoms with E-state index in [0.717, 1.165) is 19.3 Å². The van der Waals surface area contributed by atoms with Crippen LogP contribution in [0.1, 0.15) is 37.7 Å². The van der Waals surface area contributed by atoms with E-state index in [4.69, 9.17) is 5.73 Å². The summed E-state index contributed by atoms with van der Waals surface area (Å²) in [5, 5.41) is 10.3. The quantitative estimate of drug-likeness (QED) is 0.839. The van der Waals surface area contributed by atoms with Gasteiger partial charge < -0.3 is 10.8 Å². The maximum atomic E-state index is 10.3. The van der Waals surface area contributed by atoms with Crippen LogP contribution in [0.3, 0.4) is 0 Å². The lowest BCUT2D eigenvalue weighted by molar-refractivity contribution is 0.0620. The van der Waals surface area contributed by atoms with Gasteiger partial charge in [-0.2, -0.15) is 0 Å². The van der Waals surface area contributed by atoms with Crippen molar-refractivity contribution in [2.45, 2.75) is 50.7 Å². The van der Waals surface area contributed by atoms with E-state index in [0.29, 0.717) is 5.92 Å². The molecule has 1 aliphatic rings. The van der Waals surface area contributed by atoms with E-state index in [1.165, 1.54) is 24.8 Å². The molecule has 1 aromatic rings. The molecular formula is C15H23NO. The minimum atomic E-state index is -0.337. The summed E-state index contributed by atoms with van der Waals surface area (Å²) in [5.41, 5.74) is 7.35. The normalized spacial score (nSPS) is 21.1. The summed E-state index contributed by atoms with van der Waals surface area (Å²) in [7, 11) is 0. The van der Waals surface area contributed by atoms with E-state index >= 15 is 0 Å². The molecule has 2 nitrogen and oxygen atoms in total. The van der Waals surface area contributed by atoms with Gasteiger partial charge in [0.15, 0.2) is 0 Å². The highest BCUT2D eigenvalue weighted by Gasteiger charge is 2.26. The van der Waals surface area contributed by atoms with E-state index in [1.54, 1.807) is 0 Å². The van der Waals surface area contributed by atoms with Crippen LogP contribution in [0.5, 0.6) is 0 Å². The molecule has 3 N–H and O–H groups in total. The largest absolute Gasteiger partial charge is 0.391 e. The van der Waals surface area contributed by atoms with E-state index in [1.807, 2.05) is 18.2 Å². The van der Waals surface area contributed by atoms with Crippen LogP contribution < -0.4 is 5.73 Å². The first-order valence-corrected chi connectivity index (χ1v) is 6.75. The van der Waals surface area contributed by atoms with Gasteiger partial charge in [0.25, 0.3) is 0 Å². The van der Waals surface area contributed by atoms with E-state index in [2.05, 4.69) is 12.1 Å². The van der Waals surface area contributed by atoms with Gasteiger partial charge in [-0.15, -0.1) is 0 Å². The second-order valence-electron chi connectivity index (χ2n) is 5.24. The fourth-order valence-electron chi connectivity index (χ4n) is 2.83. The average Bonchev–Trinajstić information content (AvgIpc) is 2.40. The van der Waals surface area contributed by atoms with Gasteiger partial charge in [0.05, 0.1) is 6.10 Å². The maximum absolute atomic E-state index is 10.3. The highest BCUT2D eigenvalue weighted by atomic mass is 16.3. The Bertz CT molecular complexity index is 319. The Kier molecular flexibility index (Phi) is 4.57. The summed E-state index contributed by atoms with van der Waals surface area (Å²) in [6.45, 7) is 0. The van der Waals surface area contributed by atoms with Crippen molar-refractivity contribution < 1.29 is 5.11 Å². The summed E-state index contributed by atoms with van der Waals surface area (Å²) in [4.78, 5) is 0. The molecule has 0 heterocycles. The van der Waals surface area contributed by atoms with Crippen LogP contribution in [0.4, 0.5) is 0 Å². The first-order chi connectivity index (χ1) is 8.27. The van der Waals surface area contributed by atoms with Crippen molar-refractivity contribution in [1.29, 1.82) is 0 Å². The van der Waals surface area contributed by atoms with Crippen molar-refractivity contribution in [3.8, 4) is 0 Å². The lowest BCUT2D eigenvalue weighted by Crippen LogP contribution is -2.42. The number of nitrogens with two attached hydrogens (primary N) is 1. The van der Waals surface area contributed by atoms with Crippen molar-refractivity contribution in [3.05, 3.63) is 35.9 Å². The number of aliphatic hydroxyl groups excluding tert-OH is 1. The lowest BCUT2D eigenvalue weighted by atomic mass is 9.81. The molecule has 1 aromatic carbocycles. The van der Waals surface area contributed by atoms with Crippen LogP contribution in [0.15, 0.2) is 30.3 Å². The minimum Gasteiger partial charge on any atom is -0.391 e. The molecule has 0 aliphatic heterocycles. The summed E-state index contributed by atoms with van der Waals surface area (Å²) in [6.07, 6.45) is 6.54. The van der Waals surface area contributed by atoms with Gasteiger partial charge in [0.2, 0.25) is 0 Å². The molecule has 2 unspecified atom stereocenters. The van der Waals surface area contributed by atoms with Crippen molar-refractivity contribution in [2.75, 3.05) is 0 Å². The van der Waals surface area contributed by atoms with Crippen LogP contribution >= 0.6 is 0 Å². The minimum absolute atomic E-state index is 0.125. The molecule has 94 valence electrons. The standard InChI is InChI=1S/C15H23NO/c16-14(11-12-7-3-1-4-8-12)15(17)13-9-5-2-6-10-13/h1,3-4,7-8,13-15,17H,2,5-6,9-11,16H2. The lowest BCUT2D eigenvalue weighted by Gasteiger charge is -2.30. The number of aliphatic hydroxyl groups is 1. The van der Waals surface area contributed by atoms with Crippen molar-refractivity contribution in [1.82, 2.24) is 0 Å². The highest BCUT2D eigenvalue weighted by Crippen LogP contribution is 2.28. The van der Waals surface area contributed by atoms with Gasteiger partial charge >= 0.3 is 0 Å². The van der Waals surface area contributed by atoms with Crippen LogP contribution in [0.2, 0.25) is 0 Å². The zero-order valence-electron chi connectivity index (χ0n) is 10.4. The second kappa shape index (κ2) is 6.18. The van der Waals surface area contributed by atoms with E-state index < -0.39 is 0 Å². The third-order valence-corrected chi connectivity index (χ3v) is 3.89. The second-order valence-corrected chi connectivity index (χ2v) is 5.24. The smallest absolute Gasteiger partial charge is 0.0722 e. The molecule has 0 spiro atoms. The molecule has 0 radical (unpaired) electrons. The molecule has 2 atom stereocenters. The van der Waals surface area contributed by atoms with Crippen LogP contribution in [-0.4, -0.2) is 17.3 Å². The fraction of sp³-hybridized carbons (Fsp3) is 0.600. The third kappa shape index (κ3) is 3.55. The van der Waals surface area contributed by atoms with Gasteiger partial charge in [0.1, 0.15) is 0 Å². The maximum Gasteiger partial charge on any atom is 0.0722 e. The summed E-state index contributed by atoms with van der Waals surface area (Å²) >= 11 is 0. The molecule has 0 bridgehead atoms. The molecule has 1 saturated carbocycles. The summed E-state index contributed by atoms with van der Waals surface area (Å²) < 4.78 is 0. The number of hydrogen-bond donors (Lipinski definition) is 2. The van der Waals surface area contributed by atoms with E-state index in [-0.39, 0.29) is 12.1 Å². The molecule has 0 amide bonds.